The van der Waals surface area contributed by atoms with Crippen molar-refractivity contribution in [2.24, 2.45) is 0 Å². The van der Waals surface area contributed by atoms with Crippen LogP contribution in [0.25, 0.3) is 0 Å². The Morgan fingerprint density at radius 1 is 0.667 bits per heavy atom. The third-order valence-corrected chi connectivity index (χ3v) is 4.23. The van der Waals surface area contributed by atoms with Crippen molar-refractivity contribution in [3.63, 3.8) is 0 Å². The van der Waals surface area contributed by atoms with Crippen LogP contribution in [0.3, 0.4) is 0 Å². The highest BCUT2D eigenvalue weighted by atomic mass is 16.5. The lowest BCUT2D eigenvalue weighted by atomic mass is 10.0. The zero-order valence-corrected chi connectivity index (χ0v) is 14.4. The van der Waals surface area contributed by atoms with Crippen molar-refractivity contribution in [3.8, 4) is 5.75 Å². The molecule has 0 bridgehead atoms. The Morgan fingerprint density at radius 3 is 1.88 bits per heavy atom. The molecule has 0 saturated carbocycles. The fourth-order valence-electron chi connectivity index (χ4n) is 2.70. The molecule has 3 rings (SSSR count). The van der Waals surface area contributed by atoms with Crippen LogP contribution in [0.2, 0.25) is 0 Å². The Hall–Kier alpha value is -2.54. The summed E-state index contributed by atoms with van der Waals surface area (Å²) in [6, 6.07) is 27.6. The molecule has 0 heterocycles. The summed E-state index contributed by atoms with van der Waals surface area (Å²) in [7, 11) is 0. The van der Waals surface area contributed by atoms with Crippen LogP contribution in [0, 0.1) is 0 Å². The van der Waals surface area contributed by atoms with E-state index in [1.807, 2.05) is 6.07 Å². The molecular weight excluding hydrogens is 292 g/mol. The second kappa shape index (κ2) is 7.83. The average molecular weight is 316 g/mol. The molecule has 0 saturated heterocycles. The molecule has 0 N–H and O–H groups in total. The maximum atomic E-state index is 5.90. The number of ether oxygens (including phenoxy) is 1. The van der Waals surface area contributed by atoms with E-state index in [2.05, 4.69) is 86.6 Å². The number of rotatable bonds is 6. The standard InChI is InChI=1S/C23H24O/c1-18(2)22-12-8-21(9-13-22)17-24-23-14-10-20(11-15-23)16-19-6-4-3-5-7-19/h3-15,18H,16-17H2,1-2H3. The molecule has 0 atom stereocenters. The highest BCUT2D eigenvalue weighted by molar-refractivity contribution is 5.32. The van der Waals surface area contributed by atoms with Crippen molar-refractivity contribution in [3.05, 3.63) is 101 Å². The minimum Gasteiger partial charge on any atom is -0.489 e. The largest absolute Gasteiger partial charge is 0.489 e. The summed E-state index contributed by atoms with van der Waals surface area (Å²) in [4.78, 5) is 0. The van der Waals surface area contributed by atoms with E-state index in [-0.39, 0.29) is 0 Å². The average Bonchev–Trinajstić information content (AvgIpc) is 2.62. The summed E-state index contributed by atoms with van der Waals surface area (Å²) < 4.78 is 5.90. The second-order valence-electron chi connectivity index (χ2n) is 6.49. The topological polar surface area (TPSA) is 9.23 Å². The molecule has 0 aliphatic carbocycles. The highest BCUT2D eigenvalue weighted by Crippen LogP contribution is 2.18. The van der Waals surface area contributed by atoms with Gasteiger partial charge in [-0.25, -0.2) is 0 Å². The fraction of sp³-hybridized carbons (Fsp3) is 0.217. The lowest BCUT2D eigenvalue weighted by molar-refractivity contribution is 0.306. The monoisotopic (exact) mass is 316 g/mol. The maximum absolute atomic E-state index is 5.90. The molecule has 0 amide bonds. The van der Waals surface area contributed by atoms with E-state index in [0.29, 0.717) is 12.5 Å². The van der Waals surface area contributed by atoms with Crippen LogP contribution in [0.5, 0.6) is 5.75 Å². The Kier molecular flexibility index (Phi) is 5.32. The smallest absolute Gasteiger partial charge is 0.119 e. The van der Waals surface area contributed by atoms with E-state index < -0.39 is 0 Å². The lowest BCUT2D eigenvalue weighted by Gasteiger charge is -2.09. The SMILES string of the molecule is CC(C)c1ccc(COc2ccc(Cc3ccccc3)cc2)cc1. The Balaban J connectivity index is 1.56. The van der Waals surface area contributed by atoms with Crippen molar-refractivity contribution in [2.75, 3.05) is 0 Å². The van der Waals surface area contributed by atoms with E-state index in [9.17, 15) is 0 Å². The number of hydrogen-bond donors (Lipinski definition) is 0. The van der Waals surface area contributed by atoms with Crippen molar-refractivity contribution in [1.29, 1.82) is 0 Å². The van der Waals surface area contributed by atoms with E-state index in [1.165, 1.54) is 22.3 Å². The molecule has 1 nitrogen and oxygen atoms in total. The summed E-state index contributed by atoms with van der Waals surface area (Å²) in [5.74, 6) is 1.48. The van der Waals surface area contributed by atoms with E-state index >= 15 is 0 Å². The first-order valence-corrected chi connectivity index (χ1v) is 8.55. The van der Waals surface area contributed by atoms with E-state index in [0.717, 1.165) is 12.2 Å². The van der Waals surface area contributed by atoms with Crippen LogP contribution >= 0.6 is 0 Å². The fourth-order valence-corrected chi connectivity index (χ4v) is 2.70. The van der Waals surface area contributed by atoms with E-state index in [1.54, 1.807) is 0 Å². The van der Waals surface area contributed by atoms with Gasteiger partial charge in [0.25, 0.3) is 0 Å². The third kappa shape index (κ3) is 4.48. The first-order chi connectivity index (χ1) is 11.7. The molecule has 0 aromatic heterocycles. The van der Waals surface area contributed by atoms with Crippen LogP contribution in [-0.2, 0) is 13.0 Å². The van der Waals surface area contributed by atoms with Gasteiger partial charge in [-0.3, -0.25) is 0 Å². The maximum Gasteiger partial charge on any atom is 0.119 e. The molecule has 122 valence electrons. The molecule has 0 unspecified atom stereocenters. The summed E-state index contributed by atoms with van der Waals surface area (Å²) in [5, 5.41) is 0. The molecule has 0 radical (unpaired) electrons. The Morgan fingerprint density at radius 2 is 1.25 bits per heavy atom. The van der Waals surface area contributed by atoms with Crippen LogP contribution in [-0.4, -0.2) is 0 Å². The Bertz CT molecular complexity index is 740. The van der Waals surface area contributed by atoms with Gasteiger partial charge in [0.15, 0.2) is 0 Å². The van der Waals surface area contributed by atoms with Gasteiger partial charge in [0, 0.05) is 0 Å². The molecule has 3 aromatic rings. The van der Waals surface area contributed by atoms with Gasteiger partial charge in [-0.05, 0) is 46.7 Å². The quantitative estimate of drug-likeness (QED) is 0.543. The lowest BCUT2D eigenvalue weighted by Crippen LogP contribution is -1.96. The van der Waals surface area contributed by atoms with Crippen LogP contribution in [0.1, 0.15) is 42.0 Å². The van der Waals surface area contributed by atoms with Crippen molar-refractivity contribution < 1.29 is 4.74 Å². The van der Waals surface area contributed by atoms with Gasteiger partial charge >= 0.3 is 0 Å². The zero-order chi connectivity index (χ0) is 16.8. The van der Waals surface area contributed by atoms with Crippen molar-refractivity contribution in [1.82, 2.24) is 0 Å². The molecule has 1 heteroatoms. The Labute approximate surface area is 144 Å². The van der Waals surface area contributed by atoms with Gasteiger partial charge in [0.1, 0.15) is 12.4 Å². The minimum atomic E-state index is 0.567. The van der Waals surface area contributed by atoms with Crippen molar-refractivity contribution in [2.45, 2.75) is 32.8 Å². The van der Waals surface area contributed by atoms with Crippen LogP contribution in [0.15, 0.2) is 78.9 Å². The van der Waals surface area contributed by atoms with Gasteiger partial charge in [0.2, 0.25) is 0 Å². The predicted molar refractivity (Wildman–Crippen MR) is 101 cm³/mol. The van der Waals surface area contributed by atoms with Crippen molar-refractivity contribution >= 4 is 0 Å². The molecule has 0 spiro atoms. The predicted octanol–water partition coefficient (Wildman–Crippen LogP) is 5.98. The van der Waals surface area contributed by atoms with Crippen LogP contribution < -0.4 is 4.74 Å². The summed E-state index contributed by atoms with van der Waals surface area (Å²) in [5.41, 5.74) is 5.20. The highest BCUT2D eigenvalue weighted by Gasteiger charge is 2.01. The van der Waals surface area contributed by atoms with Gasteiger partial charge in [-0.1, -0.05) is 80.6 Å². The summed E-state index contributed by atoms with van der Waals surface area (Å²) >= 11 is 0. The number of benzene rings is 3. The summed E-state index contributed by atoms with van der Waals surface area (Å²) in [6.45, 7) is 5.03. The molecule has 24 heavy (non-hydrogen) atoms. The van der Waals surface area contributed by atoms with Crippen LogP contribution in [0.4, 0.5) is 0 Å². The molecule has 0 aliphatic heterocycles. The zero-order valence-electron chi connectivity index (χ0n) is 14.4. The first-order valence-electron chi connectivity index (χ1n) is 8.55. The number of hydrogen-bond acceptors (Lipinski definition) is 1. The summed E-state index contributed by atoms with van der Waals surface area (Å²) in [6.07, 6.45) is 0.956. The normalized spacial score (nSPS) is 10.8. The molecule has 0 aliphatic rings. The molecular formula is C23H24O. The van der Waals surface area contributed by atoms with Gasteiger partial charge in [-0.2, -0.15) is 0 Å². The third-order valence-electron chi connectivity index (χ3n) is 4.23. The van der Waals surface area contributed by atoms with Gasteiger partial charge < -0.3 is 4.74 Å². The van der Waals surface area contributed by atoms with E-state index in [4.69, 9.17) is 4.74 Å². The molecule has 3 aromatic carbocycles. The van der Waals surface area contributed by atoms with Gasteiger partial charge in [-0.15, -0.1) is 0 Å². The second-order valence-corrected chi connectivity index (χ2v) is 6.49. The first kappa shape index (κ1) is 16.3. The molecule has 0 fully saturated rings. The van der Waals surface area contributed by atoms with Gasteiger partial charge in [0.05, 0.1) is 0 Å². The minimum absolute atomic E-state index is 0.567.